The molecule has 1 aliphatic heterocycles. The quantitative estimate of drug-likeness (QED) is 0.648. The third-order valence-electron chi connectivity index (χ3n) is 4.21. The van der Waals surface area contributed by atoms with Crippen molar-refractivity contribution in [2.45, 2.75) is 26.7 Å². The van der Waals surface area contributed by atoms with Crippen LogP contribution in [0.5, 0.6) is 0 Å². The van der Waals surface area contributed by atoms with Crippen molar-refractivity contribution >= 4 is 0 Å². The van der Waals surface area contributed by atoms with Crippen molar-refractivity contribution in [1.82, 2.24) is 15.1 Å². The van der Waals surface area contributed by atoms with Gasteiger partial charge < -0.3 is 15.0 Å². The molecule has 0 unspecified atom stereocenters. The Bertz CT molecular complexity index is 204. The molecule has 1 aliphatic rings. The third kappa shape index (κ3) is 7.25. The van der Waals surface area contributed by atoms with E-state index in [9.17, 15) is 0 Å². The topological polar surface area (TPSA) is 27.7 Å². The van der Waals surface area contributed by atoms with Gasteiger partial charge in [0, 0.05) is 33.3 Å². The molecule has 114 valence electrons. The van der Waals surface area contributed by atoms with E-state index in [0.717, 1.165) is 32.2 Å². The minimum atomic E-state index is 0.850. The first kappa shape index (κ1) is 16.9. The molecule has 1 saturated heterocycles. The second kappa shape index (κ2) is 10.6. The van der Waals surface area contributed by atoms with Crippen LogP contribution in [0.4, 0.5) is 0 Å². The van der Waals surface area contributed by atoms with Crippen LogP contribution in [0.2, 0.25) is 0 Å². The average Bonchev–Trinajstić information content (AvgIpc) is 2.46. The van der Waals surface area contributed by atoms with Gasteiger partial charge >= 0.3 is 0 Å². The first-order valence-electron chi connectivity index (χ1n) is 7.94. The minimum absolute atomic E-state index is 0.850. The largest absolute Gasteiger partial charge is 0.383 e. The molecule has 19 heavy (non-hydrogen) atoms. The summed E-state index contributed by atoms with van der Waals surface area (Å²) in [6.45, 7) is 14.7. The first-order chi connectivity index (χ1) is 9.30. The van der Waals surface area contributed by atoms with Gasteiger partial charge in [-0.2, -0.15) is 0 Å². The molecule has 4 heteroatoms. The first-order valence-corrected chi connectivity index (χ1v) is 7.94. The molecule has 0 aromatic rings. The maximum Gasteiger partial charge on any atom is 0.0589 e. The molecule has 0 bridgehead atoms. The number of nitrogens with zero attached hydrogens (tertiary/aromatic N) is 2. The second-order valence-corrected chi connectivity index (χ2v) is 5.51. The number of nitrogens with one attached hydrogen (secondary N) is 1. The predicted molar refractivity (Wildman–Crippen MR) is 81.7 cm³/mol. The number of likely N-dealkylation sites (N-methyl/N-ethyl adjacent to an activating group) is 1. The van der Waals surface area contributed by atoms with E-state index in [1.54, 1.807) is 7.11 Å². The Kier molecular flexibility index (Phi) is 9.43. The van der Waals surface area contributed by atoms with E-state index in [-0.39, 0.29) is 0 Å². The molecule has 4 nitrogen and oxygen atoms in total. The fraction of sp³-hybridized carbons (Fsp3) is 1.00. The fourth-order valence-electron chi connectivity index (χ4n) is 2.77. The summed E-state index contributed by atoms with van der Waals surface area (Å²) in [4.78, 5) is 5.10. The fourth-order valence-corrected chi connectivity index (χ4v) is 2.77. The van der Waals surface area contributed by atoms with E-state index in [4.69, 9.17) is 4.74 Å². The summed E-state index contributed by atoms with van der Waals surface area (Å²) in [5.74, 6) is 0.870. The average molecular weight is 271 g/mol. The van der Waals surface area contributed by atoms with E-state index in [1.807, 2.05) is 0 Å². The number of hydrogen-bond donors (Lipinski definition) is 1. The van der Waals surface area contributed by atoms with Gasteiger partial charge in [-0.15, -0.1) is 0 Å². The molecule has 0 radical (unpaired) electrons. The molecule has 0 aromatic heterocycles. The van der Waals surface area contributed by atoms with Crippen molar-refractivity contribution in [3.05, 3.63) is 0 Å². The van der Waals surface area contributed by atoms with Crippen LogP contribution in [0.1, 0.15) is 26.7 Å². The number of piperidine rings is 1. The third-order valence-corrected chi connectivity index (χ3v) is 4.21. The molecule has 0 saturated carbocycles. The molecule has 1 N–H and O–H groups in total. The summed E-state index contributed by atoms with van der Waals surface area (Å²) < 4.78 is 5.25. The van der Waals surface area contributed by atoms with E-state index >= 15 is 0 Å². The predicted octanol–water partition coefficient (Wildman–Crippen LogP) is 1.28. The van der Waals surface area contributed by atoms with Crippen molar-refractivity contribution in [2.24, 2.45) is 5.92 Å². The summed E-state index contributed by atoms with van der Waals surface area (Å²) in [5.41, 5.74) is 0. The van der Waals surface area contributed by atoms with Crippen molar-refractivity contribution < 1.29 is 4.74 Å². The summed E-state index contributed by atoms with van der Waals surface area (Å²) in [7, 11) is 1.80. The van der Waals surface area contributed by atoms with E-state index in [2.05, 4.69) is 29.0 Å². The Hall–Kier alpha value is -0.160. The van der Waals surface area contributed by atoms with Crippen LogP contribution in [0.25, 0.3) is 0 Å². The number of hydrogen-bond acceptors (Lipinski definition) is 4. The number of ether oxygens (including phenoxy) is 1. The van der Waals surface area contributed by atoms with Crippen molar-refractivity contribution in [2.75, 3.05) is 66.1 Å². The van der Waals surface area contributed by atoms with Gasteiger partial charge in [0.25, 0.3) is 0 Å². The van der Waals surface area contributed by atoms with Gasteiger partial charge in [-0.25, -0.2) is 0 Å². The summed E-state index contributed by atoms with van der Waals surface area (Å²) in [5, 5.41) is 3.45. The lowest BCUT2D eigenvalue weighted by molar-refractivity contribution is 0.120. The van der Waals surface area contributed by atoms with Crippen LogP contribution in [-0.2, 0) is 4.74 Å². The van der Waals surface area contributed by atoms with Gasteiger partial charge in [0.15, 0.2) is 0 Å². The molecule has 1 rings (SSSR count). The number of methoxy groups -OCH3 is 1. The lowest BCUT2D eigenvalue weighted by Gasteiger charge is -2.31. The molecule has 0 spiro atoms. The van der Waals surface area contributed by atoms with Crippen molar-refractivity contribution in [3.8, 4) is 0 Å². The Morgan fingerprint density at radius 1 is 1.00 bits per heavy atom. The van der Waals surface area contributed by atoms with Crippen LogP contribution < -0.4 is 5.32 Å². The van der Waals surface area contributed by atoms with Gasteiger partial charge in [-0.05, 0) is 44.9 Å². The summed E-state index contributed by atoms with van der Waals surface area (Å²) in [6, 6.07) is 0. The molecular formula is C15H33N3O. The van der Waals surface area contributed by atoms with Crippen LogP contribution >= 0.6 is 0 Å². The van der Waals surface area contributed by atoms with Gasteiger partial charge in [0.05, 0.1) is 6.61 Å². The molecule has 0 aliphatic carbocycles. The Morgan fingerprint density at radius 2 is 1.63 bits per heavy atom. The van der Waals surface area contributed by atoms with Crippen LogP contribution in [0, 0.1) is 5.92 Å². The standard InChI is InChI=1S/C15H33N3O/c1-4-17(5-2)10-11-18(12-13-19-3)14-15-6-8-16-9-7-15/h15-16H,4-14H2,1-3H3. The highest BCUT2D eigenvalue weighted by molar-refractivity contribution is 4.73. The molecule has 0 aromatic carbocycles. The maximum atomic E-state index is 5.25. The van der Waals surface area contributed by atoms with Gasteiger partial charge in [0.2, 0.25) is 0 Å². The van der Waals surface area contributed by atoms with Gasteiger partial charge in [-0.3, -0.25) is 4.90 Å². The zero-order valence-corrected chi connectivity index (χ0v) is 13.2. The van der Waals surface area contributed by atoms with Crippen molar-refractivity contribution in [1.29, 1.82) is 0 Å². The Morgan fingerprint density at radius 3 is 2.21 bits per heavy atom. The minimum Gasteiger partial charge on any atom is -0.383 e. The molecule has 0 amide bonds. The zero-order chi connectivity index (χ0) is 13.9. The summed E-state index contributed by atoms with van der Waals surface area (Å²) >= 11 is 0. The molecular weight excluding hydrogens is 238 g/mol. The van der Waals surface area contributed by atoms with E-state index in [0.29, 0.717) is 0 Å². The molecule has 0 atom stereocenters. The zero-order valence-electron chi connectivity index (χ0n) is 13.2. The van der Waals surface area contributed by atoms with Crippen LogP contribution in [-0.4, -0.2) is 75.9 Å². The van der Waals surface area contributed by atoms with Crippen LogP contribution in [0.15, 0.2) is 0 Å². The van der Waals surface area contributed by atoms with Crippen LogP contribution in [0.3, 0.4) is 0 Å². The lowest BCUT2D eigenvalue weighted by Crippen LogP contribution is -2.41. The van der Waals surface area contributed by atoms with E-state index < -0.39 is 0 Å². The highest BCUT2D eigenvalue weighted by Crippen LogP contribution is 2.13. The normalized spacial score (nSPS) is 17.5. The molecule has 1 fully saturated rings. The highest BCUT2D eigenvalue weighted by atomic mass is 16.5. The monoisotopic (exact) mass is 271 g/mol. The smallest absolute Gasteiger partial charge is 0.0589 e. The maximum absolute atomic E-state index is 5.25. The Labute approximate surface area is 119 Å². The van der Waals surface area contributed by atoms with Gasteiger partial charge in [0.1, 0.15) is 0 Å². The SMILES string of the molecule is CCN(CC)CCN(CCOC)CC1CCNCC1. The second-order valence-electron chi connectivity index (χ2n) is 5.51. The number of rotatable bonds is 10. The van der Waals surface area contributed by atoms with Crippen molar-refractivity contribution in [3.63, 3.8) is 0 Å². The molecule has 1 heterocycles. The lowest BCUT2D eigenvalue weighted by atomic mass is 9.97. The van der Waals surface area contributed by atoms with Gasteiger partial charge in [-0.1, -0.05) is 13.8 Å². The Balaban J connectivity index is 2.32. The highest BCUT2D eigenvalue weighted by Gasteiger charge is 2.17. The van der Waals surface area contributed by atoms with E-state index in [1.165, 1.54) is 45.6 Å². The summed E-state index contributed by atoms with van der Waals surface area (Å²) in [6.07, 6.45) is 2.66.